The summed E-state index contributed by atoms with van der Waals surface area (Å²) in [6.45, 7) is 4.44. The number of hydrogen-bond donors (Lipinski definition) is 2. The molecule has 0 spiro atoms. The van der Waals surface area contributed by atoms with Gasteiger partial charge in [0.05, 0.1) is 0 Å². The topological polar surface area (TPSA) is 92.7 Å². The summed E-state index contributed by atoms with van der Waals surface area (Å²) in [4.78, 5) is 32.4. The molecule has 0 aliphatic rings. The first-order valence-corrected chi connectivity index (χ1v) is 4.98. The fourth-order valence-corrected chi connectivity index (χ4v) is 1.10. The number of esters is 1. The van der Waals surface area contributed by atoms with Crippen LogP contribution >= 0.6 is 0 Å². The third-order valence-corrected chi connectivity index (χ3v) is 1.75. The number of hydrogen-bond acceptors (Lipinski definition) is 4. The Morgan fingerprint density at radius 1 is 1.31 bits per heavy atom. The number of carbonyl (C=O) groups is 3. The van der Waals surface area contributed by atoms with E-state index < -0.39 is 30.5 Å². The highest BCUT2D eigenvalue weighted by molar-refractivity contribution is 5.85. The Kier molecular flexibility index (Phi) is 6.14. The van der Waals surface area contributed by atoms with Gasteiger partial charge in [0.1, 0.15) is 6.04 Å². The maximum atomic E-state index is 11.2. The summed E-state index contributed by atoms with van der Waals surface area (Å²) in [6.07, 6.45) is 0.334. The lowest BCUT2D eigenvalue weighted by molar-refractivity contribution is -0.148. The number of carboxylic acids is 1. The van der Waals surface area contributed by atoms with E-state index in [0.29, 0.717) is 6.42 Å². The third-order valence-electron chi connectivity index (χ3n) is 1.75. The summed E-state index contributed by atoms with van der Waals surface area (Å²) in [5.74, 6) is -2.13. The molecule has 1 atom stereocenters. The number of nitrogens with one attached hydrogen (secondary N) is 1. The van der Waals surface area contributed by atoms with Crippen LogP contribution in [0, 0.1) is 5.92 Å². The van der Waals surface area contributed by atoms with Crippen LogP contribution in [0.2, 0.25) is 0 Å². The van der Waals surface area contributed by atoms with Crippen molar-refractivity contribution in [3.05, 3.63) is 0 Å². The van der Waals surface area contributed by atoms with Crippen molar-refractivity contribution in [2.75, 3.05) is 6.61 Å². The van der Waals surface area contributed by atoms with Crippen LogP contribution < -0.4 is 5.32 Å². The van der Waals surface area contributed by atoms with Crippen molar-refractivity contribution >= 4 is 17.8 Å². The molecule has 16 heavy (non-hydrogen) atoms. The van der Waals surface area contributed by atoms with E-state index in [1.807, 2.05) is 13.8 Å². The maximum absolute atomic E-state index is 11.2. The van der Waals surface area contributed by atoms with Crippen LogP contribution in [-0.4, -0.2) is 35.6 Å². The predicted molar refractivity (Wildman–Crippen MR) is 55.7 cm³/mol. The van der Waals surface area contributed by atoms with Gasteiger partial charge in [-0.2, -0.15) is 0 Å². The van der Waals surface area contributed by atoms with E-state index in [-0.39, 0.29) is 5.92 Å². The molecule has 6 nitrogen and oxygen atoms in total. The van der Waals surface area contributed by atoms with Gasteiger partial charge in [-0.25, -0.2) is 4.79 Å². The van der Waals surface area contributed by atoms with Gasteiger partial charge < -0.3 is 15.2 Å². The number of rotatable bonds is 6. The molecule has 0 aromatic rings. The third kappa shape index (κ3) is 6.80. The van der Waals surface area contributed by atoms with Gasteiger partial charge in [-0.05, 0) is 12.3 Å². The Hall–Kier alpha value is -1.59. The lowest BCUT2D eigenvalue weighted by atomic mass is 10.0. The molecule has 0 aromatic heterocycles. The molecule has 0 rings (SSSR count). The second-order valence-corrected chi connectivity index (χ2v) is 3.87. The van der Waals surface area contributed by atoms with E-state index in [9.17, 15) is 14.4 Å². The zero-order valence-electron chi connectivity index (χ0n) is 9.65. The zero-order chi connectivity index (χ0) is 12.7. The van der Waals surface area contributed by atoms with Crippen LogP contribution in [0.1, 0.15) is 27.2 Å². The van der Waals surface area contributed by atoms with Gasteiger partial charge in [-0.15, -0.1) is 0 Å². The molecule has 0 aromatic carbocycles. The molecular formula is C10H17NO5. The Morgan fingerprint density at radius 3 is 2.25 bits per heavy atom. The maximum Gasteiger partial charge on any atom is 0.326 e. The number of carboxylic acid groups (broad SMARTS) is 1. The lowest BCUT2D eigenvalue weighted by Crippen LogP contribution is -2.43. The SMILES string of the molecule is CC(=O)OCC(=O)N[C@@H](CC(C)C)C(=O)O. The van der Waals surface area contributed by atoms with Crippen molar-refractivity contribution in [3.63, 3.8) is 0 Å². The average molecular weight is 231 g/mol. The normalized spacial score (nSPS) is 12.0. The van der Waals surface area contributed by atoms with E-state index in [1.165, 1.54) is 6.92 Å². The molecule has 0 unspecified atom stereocenters. The van der Waals surface area contributed by atoms with Crippen LogP contribution in [0.3, 0.4) is 0 Å². The van der Waals surface area contributed by atoms with E-state index in [2.05, 4.69) is 10.1 Å². The number of aliphatic carboxylic acids is 1. The molecule has 0 aliphatic heterocycles. The molecule has 0 bridgehead atoms. The largest absolute Gasteiger partial charge is 0.480 e. The van der Waals surface area contributed by atoms with Crippen molar-refractivity contribution in [3.8, 4) is 0 Å². The average Bonchev–Trinajstić information content (AvgIpc) is 2.12. The van der Waals surface area contributed by atoms with Gasteiger partial charge in [-0.3, -0.25) is 9.59 Å². The number of ether oxygens (including phenoxy) is 1. The van der Waals surface area contributed by atoms with Crippen LogP contribution in [0.4, 0.5) is 0 Å². The highest BCUT2D eigenvalue weighted by Gasteiger charge is 2.21. The Bertz CT molecular complexity index is 274. The number of carbonyl (C=O) groups excluding carboxylic acids is 2. The van der Waals surface area contributed by atoms with Crippen molar-refractivity contribution in [2.45, 2.75) is 33.2 Å². The van der Waals surface area contributed by atoms with Crippen LogP contribution in [0.15, 0.2) is 0 Å². The molecule has 0 saturated heterocycles. The summed E-state index contributed by atoms with van der Waals surface area (Å²) in [7, 11) is 0. The summed E-state index contributed by atoms with van der Waals surface area (Å²) in [5.41, 5.74) is 0. The van der Waals surface area contributed by atoms with Gasteiger partial charge in [0.25, 0.3) is 5.91 Å². The molecule has 0 radical (unpaired) electrons. The molecule has 1 amide bonds. The summed E-state index contributed by atoms with van der Waals surface area (Å²) in [5, 5.41) is 11.1. The molecule has 92 valence electrons. The van der Waals surface area contributed by atoms with E-state index in [4.69, 9.17) is 5.11 Å². The Morgan fingerprint density at radius 2 is 1.88 bits per heavy atom. The summed E-state index contributed by atoms with van der Waals surface area (Å²) >= 11 is 0. The molecule has 0 aliphatic carbocycles. The summed E-state index contributed by atoms with van der Waals surface area (Å²) < 4.78 is 4.45. The van der Waals surface area contributed by atoms with Crippen molar-refractivity contribution < 1.29 is 24.2 Å². The van der Waals surface area contributed by atoms with Crippen LogP contribution in [0.5, 0.6) is 0 Å². The van der Waals surface area contributed by atoms with Crippen molar-refractivity contribution in [2.24, 2.45) is 5.92 Å². The highest BCUT2D eigenvalue weighted by Crippen LogP contribution is 2.04. The van der Waals surface area contributed by atoms with Crippen LogP contribution in [0.25, 0.3) is 0 Å². The van der Waals surface area contributed by atoms with Crippen molar-refractivity contribution in [1.82, 2.24) is 5.32 Å². The standard InChI is InChI=1S/C10H17NO5/c1-6(2)4-8(10(14)15)11-9(13)5-16-7(3)12/h6,8H,4-5H2,1-3H3,(H,11,13)(H,14,15)/t8-/m0/s1. The van der Waals surface area contributed by atoms with Gasteiger partial charge in [0, 0.05) is 6.92 Å². The molecule has 0 saturated carbocycles. The molecule has 2 N–H and O–H groups in total. The van der Waals surface area contributed by atoms with E-state index in [0.717, 1.165) is 0 Å². The number of amides is 1. The Labute approximate surface area is 94.0 Å². The molecular weight excluding hydrogens is 214 g/mol. The molecule has 0 fully saturated rings. The molecule has 6 heteroatoms. The van der Waals surface area contributed by atoms with E-state index >= 15 is 0 Å². The van der Waals surface area contributed by atoms with Gasteiger partial charge in [0.15, 0.2) is 6.61 Å². The minimum absolute atomic E-state index is 0.148. The van der Waals surface area contributed by atoms with Crippen LogP contribution in [-0.2, 0) is 19.1 Å². The second kappa shape index (κ2) is 6.81. The lowest BCUT2D eigenvalue weighted by Gasteiger charge is -2.16. The van der Waals surface area contributed by atoms with Gasteiger partial charge in [0.2, 0.25) is 0 Å². The first-order valence-electron chi connectivity index (χ1n) is 4.98. The monoisotopic (exact) mass is 231 g/mol. The smallest absolute Gasteiger partial charge is 0.326 e. The fraction of sp³-hybridized carbons (Fsp3) is 0.700. The highest BCUT2D eigenvalue weighted by atomic mass is 16.5. The Balaban J connectivity index is 4.13. The summed E-state index contributed by atoms with van der Waals surface area (Å²) in [6, 6.07) is -0.942. The predicted octanol–water partition coefficient (Wildman–Crippen LogP) is 0.165. The van der Waals surface area contributed by atoms with Crippen molar-refractivity contribution in [1.29, 1.82) is 0 Å². The zero-order valence-corrected chi connectivity index (χ0v) is 9.65. The van der Waals surface area contributed by atoms with E-state index in [1.54, 1.807) is 0 Å². The first kappa shape index (κ1) is 14.4. The molecule has 0 heterocycles. The minimum Gasteiger partial charge on any atom is -0.480 e. The first-order chi connectivity index (χ1) is 7.32. The van der Waals surface area contributed by atoms with Gasteiger partial charge >= 0.3 is 11.9 Å². The second-order valence-electron chi connectivity index (χ2n) is 3.87. The minimum atomic E-state index is -1.09. The quantitative estimate of drug-likeness (QED) is 0.635. The van der Waals surface area contributed by atoms with Gasteiger partial charge in [-0.1, -0.05) is 13.8 Å². The fourth-order valence-electron chi connectivity index (χ4n) is 1.10.